The van der Waals surface area contributed by atoms with Crippen molar-refractivity contribution in [2.45, 2.75) is 55.2 Å². The van der Waals surface area contributed by atoms with E-state index < -0.39 is 0 Å². The molecule has 2 fully saturated rings. The summed E-state index contributed by atoms with van der Waals surface area (Å²) in [5.74, 6) is 0.139. The van der Waals surface area contributed by atoms with Crippen LogP contribution in [0.1, 0.15) is 32.1 Å². The summed E-state index contributed by atoms with van der Waals surface area (Å²) in [7, 11) is 0. The second-order valence-corrected chi connectivity index (χ2v) is 8.10. The number of imidazole rings is 1. The molecule has 3 heterocycles. The first-order valence-electron chi connectivity index (χ1n) is 9.48. The molecule has 26 heavy (non-hydrogen) atoms. The maximum Gasteiger partial charge on any atom is 0.233 e. The second-order valence-electron chi connectivity index (χ2n) is 6.93. The summed E-state index contributed by atoms with van der Waals surface area (Å²) in [6, 6.07) is 10.3. The number of ether oxygens (including phenoxy) is 1. The molecule has 0 aliphatic carbocycles. The zero-order valence-corrected chi connectivity index (χ0v) is 15.7. The van der Waals surface area contributed by atoms with Gasteiger partial charge >= 0.3 is 0 Å². The van der Waals surface area contributed by atoms with Crippen LogP contribution >= 0.6 is 11.8 Å². The lowest BCUT2D eigenvalue weighted by Crippen LogP contribution is -2.31. The zero-order chi connectivity index (χ0) is 17.8. The molecule has 2 atom stereocenters. The van der Waals surface area contributed by atoms with Gasteiger partial charge in [-0.25, -0.2) is 4.98 Å². The van der Waals surface area contributed by atoms with E-state index in [-0.39, 0.29) is 17.3 Å². The van der Waals surface area contributed by atoms with Gasteiger partial charge in [0, 0.05) is 13.2 Å². The minimum Gasteiger partial charge on any atom is -0.376 e. The Morgan fingerprint density at radius 3 is 2.88 bits per heavy atom. The number of hydrogen-bond donors (Lipinski definition) is 1. The Kier molecular flexibility index (Phi) is 5.60. The van der Waals surface area contributed by atoms with Crippen LogP contribution in [-0.2, 0) is 16.1 Å². The highest BCUT2D eigenvalue weighted by atomic mass is 32.2. The molecule has 138 valence electrons. The van der Waals surface area contributed by atoms with Gasteiger partial charge in [-0.15, -0.1) is 0 Å². The summed E-state index contributed by atoms with van der Waals surface area (Å²) in [6.45, 7) is 2.42. The molecule has 0 bridgehead atoms. The van der Waals surface area contributed by atoms with Crippen molar-refractivity contribution in [3.05, 3.63) is 36.5 Å². The number of benzene rings is 1. The molecule has 1 aromatic heterocycles. The molecule has 5 nitrogen and oxygen atoms in total. The van der Waals surface area contributed by atoms with Crippen molar-refractivity contribution in [1.29, 1.82) is 0 Å². The highest BCUT2D eigenvalue weighted by Crippen LogP contribution is 2.32. The second kappa shape index (κ2) is 8.27. The number of nitrogens with one attached hydrogen (secondary N) is 1. The molecule has 1 aromatic carbocycles. The van der Waals surface area contributed by atoms with Gasteiger partial charge in [0.15, 0.2) is 5.16 Å². The van der Waals surface area contributed by atoms with Gasteiger partial charge in [-0.05, 0) is 31.2 Å². The van der Waals surface area contributed by atoms with Gasteiger partial charge in [0.25, 0.3) is 0 Å². The van der Waals surface area contributed by atoms with Crippen LogP contribution in [0.5, 0.6) is 0 Å². The van der Waals surface area contributed by atoms with Crippen molar-refractivity contribution in [3.63, 3.8) is 0 Å². The summed E-state index contributed by atoms with van der Waals surface area (Å²) in [6.07, 6.45) is 7.41. The predicted molar refractivity (Wildman–Crippen MR) is 103 cm³/mol. The molecule has 2 aliphatic rings. The molecule has 2 aromatic rings. The maximum absolute atomic E-state index is 12.4. The predicted octanol–water partition coefficient (Wildman–Crippen LogP) is 3.49. The molecule has 2 aliphatic heterocycles. The monoisotopic (exact) mass is 371 g/mol. The first-order valence-corrected chi connectivity index (χ1v) is 10.4. The lowest BCUT2D eigenvalue weighted by Gasteiger charge is -2.18. The van der Waals surface area contributed by atoms with Crippen molar-refractivity contribution in [3.8, 4) is 11.3 Å². The van der Waals surface area contributed by atoms with Crippen molar-refractivity contribution in [2.75, 3.05) is 13.2 Å². The summed E-state index contributed by atoms with van der Waals surface area (Å²) in [4.78, 5) is 17.0. The summed E-state index contributed by atoms with van der Waals surface area (Å²) >= 11 is 1.60. The number of aromatic nitrogens is 2. The Morgan fingerprint density at radius 1 is 1.19 bits per heavy atom. The van der Waals surface area contributed by atoms with Gasteiger partial charge < -0.3 is 14.6 Å². The zero-order valence-electron chi connectivity index (χ0n) is 14.9. The van der Waals surface area contributed by atoms with Crippen molar-refractivity contribution in [2.24, 2.45) is 0 Å². The van der Waals surface area contributed by atoms with E-state index in [9.17, 15) is 4.79 Å². The number of nitrogens with zero attached hydrogens (tertiary/aromatic N) is 2. The van der Waals surface area contributed by atoms with Crippen molar-refractivity contribution in [1.82, 2.24) is 14.9 Å². The molecule has 4 rings (SSSR count). The van der Waals surface area contributed by atoms with Crippen LogP contribution in [0.25, 0.3) is 11.3 Å². The fourth-order valence-corrected chi connectivity index (χ4v) is 4.75. The highest BCUT2D eigenvalue weighted by Gasteiger charge is 2.26. The standard InChI is InChI=1S/C20H25N3O2S/c24-19-18(10-4-5-11-21-19)26-20-22-13-17(15-7-2-1-3-8-15)23(20)14-16-9-6-12-25-16/h1-3,7-8,13,16,18H,4-6,9-12,14H2,(H,21,24)/t16-,18+/m1/s1. The normalized spacial score (nSPS) is 23.6. The van der Waals surface area contributed by atoms with Gasteiger partial charge in [-0.1, -0.05) is 48.5 Å². The van der Waals surface area contributed by atoms with E-state index in [2.05, 4.69) is 27.0 Å². The average molecular weight is 372 g/mol. The summed E-state index contributed by atoms with van der Waals surface area (Å²) in [5.41, 5.74) is 2.24. The van der Waals surface area contributed by atoms with Crippen LogP contribution in [0.4, 0.5) is 0 Å². The first-order chi connectivity index (χ1) is 12.8. The van der Waals surface area contributed by atoms with E-state index in [0.29, 0.717) is 0 Å². The molecule has 1 N–H and O–H groups in total. The molecule has 0 saturated carbocycles. The fraction of sp³-hybridized carbons (Fsp3) is 0.500. The van der Waals surface area contributed by atoms with Gasteiger partial charge in [0.05, 0.1) is 29.8 Å². The molecule has 0 radical (unpaired) electrons. The lowest BCUT2D eigenvalue weighted by atomic mass is 10.1. The molecular formula is C20H25N3O2S. The van der Waals surface area contributed by atoms with Gasteiger partial charge in [-0.2, -0.15) is 0 Å². The van der Waals surface area contributed by atoms with Gasteiger partial charge in [0.2, 0.25) is 5.91 Å². The number of rotatable bonds is 5. The molecular weight excluding hydrogens is 346 g/mol. The number of carbonyl (C=O) groups is 1. The number of carbonyl (C=O) groups excluding carboxylic acids is 1. The van der Waals surface area contributed by atoms with E-state index in [0.717, 1.165) is 68.2 Å². The summed E-state index contributed by atoms with van der Waals surface area (Å²) < 4.78 is 8.11. The Balaban J connectivity index is 1.62. The number of hydrogen-bond acceptors (Lipinski definition) is 4. The van der Waals surface area contributed by atoms with Gasteiger partial charge in [0.1, 0.15) is 0 Å². The quantitative estimate of drug-likeness (QED) is 0.874. The van der Waals surface area contributed by atoms with Crippen LogP contribution in [0, 0.1) is 0 Å². The Morgan fingerprint density at radius 2 is 2.08 bits per heavy atom. The smallest absolute Gasteiger partial charge is 0.233 e. The third-order valence-corrected chi connectivity index (χ3v) is 6.30. The average Bonchev–Trinajstić information content (AvgIpc) is 3.27. The number of thioether (sulfide) groups is 1. The van der Waals surface area contributed by atoms with Crippen LogP contribution in [0.2, 0.25) is 0 Å². The molecule has 0 spiro atoms. The van der Waals surface area contributed by atoms with Crippen molar-refractivity contribution < 1.29 is 9.53 Å². The van der Waals surface area contributed by atoms with Gasteiger partial charge in [-0.3, -0.25) is 4.79 Å². The van der Waals surface area contributed by atoms with E-state index in [1.807, 2.05) is 24.4 Å². The van der Waals surface area contributed by atoms with Crippen LogP contribution in [0.3, 0.4) is 0 Å². The SMILES string of the molecule is O=C1NCCCC[C@@H]1Sc1ncc(-c2ccccc2)n1C[C@H]1CCCO1. The van der Waals surface area contributed by atoms with Crippen LogP contribution in [-0.4, -0.2) is 40.0 Å². The van der Waals surface area contributed by atoms with E-state index in [1.54, 1.807) is 11.8 Å². The molecule has 0 unspecified atom stereocenters. The highest BCUT2D eigenvalue weighted by molar-refractivity contribution is 8.00. The van der Waals surface area contributed by atoms with E-state index in [4.69, 9.17) is 4.74 Å². The Bertz CT molecular complexity index is 741. The first kappa shape index (κ1) is 17.6. The Labute approximate surface area is 158 Å². The Hall–Kier alpha value is -1.79. The third kappa shape index (κ3) is 3.96. The lowest BCUT2D eigenvalue weighted by molar-refractivity contribution is -0.120. The topological polar surface area (TPSA) is 56.2 Å². The van der Waals surface area contributed by atoms with E-state index in [1.165, 1.54) is 0 Å². The van der Waals surface area contributed by atoms with Crippen LogP contribution < -0.4 is 5.32 Å². The number of amides is 1. The van der Waals surface area contributed by atoms with Crippen LogP contribution in [0.15, 0.2) is 41.7 Å². The summed E-state index contributed by atoms with van der Waals surface area (Å²) in [5, 5.41) is 3.88. The molecule has 6 heteroatoms. The minimum absolute atomic E-state index is 0.0632. The van der Waals surface area contributed by atoms with Crippen molar-refractivity contribution >= 4 is 17.7 Å². The third-order valence-electron chi connectivity index (χ3n) is 5.03. The molecule has 1 amide bonds. The van der Waals surface area contributed by atoms with E-state index >= 15 is 0 Å². The maximum atomic E-state index is 12.4. The fourth-order valence-electron chi connectivity index (χ4n) is 3.61. The molecule has 2 saturated heterocycles. The largest absolute Gasteiger partial charge is 0.376 e. The minimum atomic E-state index is -0.0632.